The maximum atomic E-state index is 11.3. The summed E-state index contributed by atoms with van der Waals surface area (Å²) in [6.07, 6.45) is -0.318. The first-order chi connectivity index (χ1) is 7.17. The second-order valence-electron chi connectivity index (χ2n) is 2.86. The monoisotopic (exact) mass is 208 g/mol. The molecule has 0 bridgehead atoms. The van der Waals surface area contributed by atoms with Crippen LogP contribution in [0, 0.1) is 0 Å². The van der Waals surface area contributed by atoms with Gasteiger partial charge in [-0.1, -0.05) is 6.92 Å². The SMILES string of the molecule is CCC(=O)c1ccc(OC(=O)OC)cc1. The highest BCUT2D eigenvalue weighted by atomic mass is 16.7. The molecule has 0 N–H and O–H groups in total. The van der Waals surface area contributed by atoms with Gasteiger partial charge in [0.2, 0.25) is 0 Å². The van der Waals surface area contributed by atoms with Gasteiger partial charge < -0.3 is 9.47 Å². The van der Waals surface area contributed by atoms with Crippen LogP contribution in [0.4, 0.5) is 4.79 Å². The highest BCUT2D eigenvalue weighted by molar-refractivity contribution is 5.95. The molecule has 0 unspecified atom stereocenters. The molecule has 4 nitrogen and oxygen atoms in total. The van der Waals surface area contributed by atoms with E-state index < -0.39 is 6.16 Å². The summed E-state index contributed by atoms with van der Waals surface area (Å²) in [6.45, 7) is 1.79. The Morgan fingerprint density at radius 1 is 1.20 bits per heavy atom. The van der Waals surface area contributed by atoms with Crippen molar-refractivity contribution in [1.82, 2.24) is 0 Å². The molecule has 0 saturated carbocycles. The normalized spacial score (nSPS) is 9.47. The Bertz CT molecular complexity index is 353. The second kappa shape index (κ2) is 5.14. The number of hydrogen-bond donors (Lipinski definition) is 0. The van der Waals surface area contributed by atoms with Crippen molar-refractivity contribution in [2.45, 2.75) is 13.3 Å². The Morgan fingerprint density at radius 3 is 2.27 bits per heavy atom. The van der Waals surface area contributed by atoms with Gasteiger partial charge in [0.05, 0.1) is 7.11 Å². The Kier molecular flexibility index (Phi) is 3.85. The lowest BCUT2D eigenvalue weighted by Gasteiger charge is -2.02. The van der Waals surface area contributed by atoms with E-state index in [1.54, 1.807) is 31.2 Å². The highest BCUT2D eigenvalue weighted by Crippen LogP contribution is 2.13. The zero-order chi connectivity index (χ0) is 11.3. The number of carbonyl (C=O) groups excluding carboxylic acids is 2. The largest absolute Gasteiger partial charge is 0.513 e. The molecular weight excluding hydrogens is 196 g/mol. The quantitative estimate of drug-likeness (QED) is 0.435. The predicted molar refractivity (Wildman–Crippen MR) is 54.1 cm³/mol. The van der Waals surface area contributed by atoms with Crippen LogP contribution in [0.2, 0.25) is 0 Å². The summed E-state index contributed by atoms with van der Waals surface area (Å²) in [5, 5.41) is 0. The van der Waals surface area contributed by atoms with E-state index in [0.29, 0.717) is 17.7 Å². The van der Waals surface area contributed by atoms with Gasteiger partial charge in [-0.25, -0.2) is 4.79 Å². The molecule has 1 aromatic rings. The van der Waals surface area contributed by atoms with E-state index in [-0.39, 0.29) is 5.78 Å². The van der Waals surface area contributed by atoms with Crippen molar-refractivity contribution in [2.75, 3.05) is 7.11 Å². The molecule has 0 atom stereocenters. The molecule has 0 aromatic heterocycles. The van der Waals surface area contributed by atoms with Crippen LogP contribution in [-0.4, -0.2) is 19.0 Å². The van der Waals surface area contributed by atoms with Crippen LogP contribution < -0.4 is 4.74 Å². The van der Waals surface area contributed by atoms with Crippen LogP contribution in [0.25, 0.3) is 0 Å². The average Bonchev–Trinajstić information content (AvgIpc) is 2.29. The van der Waals surface area contributed by atoms with Gasteiger partial charge in [-0.05, 0) is 24.3 Å². The first-order valence-corrected chi connectivity index (χ1v) is 4.56. The number of ether oxygens (including phenoxy) is 2. The fraction of sp³-hybridized carbons (Fsp3) is 0.273. The van der Waals surface area contributed by atoms with Crippen molar-refractivity contribution in [3.05, 3.63) is 29.8 Å². The van der Waals surface area contributed by atoms with Crippen LogP contribution in [0.3, 0.4) is 0 Å². The van der Waals surface area contributed by atoms with Crippen LogP contribution in [-0.2, 0) is 4.74 Å². The zero-order valence-electron chi connectivity index (χ0n) is 8.65. The highest BCUT2D eigenvalue weighted by Gasteiger charge is 2.05. The smallest absolute Gasteiger partial charge is 0.437 e. The van der Waals surface area contributed by atoms with Gasteiger partial charge >= 0.3 is 6.16 Å². The van der Waals surface area contributed by atoms with Gasteiger partial charge in [0, 0.05) is 12.0 Å². The van der Waals surface area contributed by atoms with Gasteiger partial charge in [0.25, 0.3) is 0 Å². The lowest BCUT2D eigenvalue weighted by Crippen LogP contribution is -2.07. The summed E-state index contributed by atoms with van der Waals surface area (Å²) in [5.41, 5.74) is 0.606. The number of methoxy groups -OCH3 is 1. The molecule has 0 amide bonds. The average molecular weight is 208 g/mol. The molecule has 0 spiro atoms. The molecule has 0 aliphatic rings. The summed E-state index contributed by atoms with van der Waals surface area (Å²) in [7, 11) is 1.23. The zero-order valence-corrected chi connectivity index (χ0v) is 8.65. The minimum absolute atomic E-state index is 0.0552. The lowest BCUT2D eigenvalue weighted by atomic mass is 10.1. The van der Waals surface area contributed by atoms with Gasteiger partial charge in [-0.3, -0.25) is 4.79 Å². The van der Waals surface area contributed by atoms with Crippen molar-refractivity contribution < 1.29 is 19.1 Å². The predicted octanol–water partition coefficient (Wildman–Crippen LogP) is 2.42. The second-order valence-corrected chi connectivity index (χ2v) is 2.86. The summed E-state index contributed by atoms with van der Waals surface area (Å²) in [5.74, 6) is 0.411. The number of hydrogen-bond acceptors (Lipinski definition) is 4. The Balaban J connectivity index is 2.72. The van der Waals surface area contributed by atoms with Crippen molar-refractivity contribution in [1.29, 1.82) is 0 Å². The van der Waals surface area contributed by atoms with Gasteiger partial charge in [0.15, 0.2) is 5.78 Å². The third-order valence-electron chi connectivity index (χ3n) is 1.87. The van der Waals surface area contributed by atoms with Crippen molar-refractivity contribution in [2.24, 2.45) is 0 Å². The molecular formula is C11H12O4. The van der Waals surface area contributed by atoms with Crippen LogP contribution in [0.5, 0.6) is 5.75 Å². The number of rotatable bonds is 3. The summed E-state index contributed by atoms with van der Waals surface area (Å²) in [6, 6.07) is 6.34. The summed E-state index contributed by atoms with van der Waals surface area (Å²) >= 11 is 0. The maximum absolute atomic E-state index is 11.3. The Labute approximate surface area is 87.8 Å². The summed E-state index contributed by atoms with van der Waals surface area (Å²) in [4.78, 5) is 22.0. The van der Waals surface area contributed by atoms with Crippen molar-refractivity contribution in [3.8, 4) is 5.75 Å². The number of benzene rings is 1. The minimum Gasteiger partial charge on any atom is -0.437 e. The molecule has 0 aliphatic carbocycles. The fourth-order valence-electron chi connectivity index (χ4n) is 1.05. The fourth-order valence-corrected chi connectivity index (χ4v) is 1.05. The third-order valence-corrected chi connectivity index (χ3v) is 1.87. The molecule has 4 heteroatoms. The van der Waals surface area contributed by atoms with Crippen LogP contribution in [0.1, 0.15) is 23.7 Å². The number of ketones is 1. The number of carbonyl (C=O) groups is 2. The van der Waals surface area contributed by atoms with Crippen LogP contribution >= 0.6 is 0 Å². The van der Waals surface area contributed by atoms with E-state index in [0.717, 1.165) is 0 Å². The van der Waals surface area contributed by atoms with E-state index >= 15 is 0 Å². The van der Waals surface area contributed by atoms with Gasteiger partial charge in [0.1, 0.15) is 5.75 Å². The minimum atomic E-state index is -0.774. The molecule has 15 heavy (non-hydrogen) atoms. The molecule has 1 aromatic carbocycles. The van der Waals surface area contributed by atoms with E-state index in [2.05, 4.69) is 4.74 Å². The Morgan fingerprint density at radius 2 is 1.80 bits per heavy atom. The Hall–Kier alpha value is -1.84. The van der Waals surface area contributed by atoms with E-state index in [1.807, 2.05) is 0 Å². The molecule has 0 radical (unpaired) electrons. The van der Waals surface area contributed by atoms with Crippen molar-refractivity contribution in [3.63, 3.8) is 0 Å². The van der Waals surface area contributed by atoms with Crippen molar-refractivity contribution >= 4 is 11.9 Å². The third kappa shape index (κ3) is 3.09. The van der Waals surface area contributed by atoms with Gasteiger partial charge in [-0.2, -0.15) is 0 Å². The first-order valence-electron chi connectivity index (χ1n) is 4.56. The summed E-state index contributed by atoms with van der Waals surface area (Å²) < 4.78 is 9.08. The van der Waals surface area contributed by atoms with E-state index in [9.17, 15) is 9.59 Å². The molecule has 0 saturated heterocycles. The van der Waals surface area contributed by atoms with Crippen LogP contribution in [0.15, 0.2) is 24.3 Å². The number of Topliss-reactive ketones (excluding diaryl/α,β-unsaturated/α-hetero) is 1. The topological polar surface area (TPSA) is 52.6 Å². The molecule has 1 rings (SSSR count). The lowest BCUT2D eigenvalue weighted by molar-refractivity contribution is 0.0988. The standard InChI is InChI=1S/C11H12O4/c1-3-10(12)8-4-6-9(7-5-8)15-11(13)14-2/h4-7H,3H2,1-2H3. The van der Waals surface area contributed by atoms with Gasteiger partial charge in [-0.15, -0.1) is 0 Å². The molecule has 0 aliphatic heterocycles. The van der Waals surface area contributed by atoms with E-state index in [4.69, 9.17) is 4.74 Å². The molecule has 80 valence electrons. The maximum Gasteiger partial charge on any atom is 0.513 e. The first kappa shape index (κ1) is 11.2. The van der Waals surface area contributed by atoms with E-state index in [1.165, 1.54) is 7.11 Å². The molecule has 0 fully saturated rings. The molecule has 0 heterocycles.